The van der Waals surface area contributed by atoms with E-state index in [0.29, 0.717) is 25.1 Å². The summed E-state index contributed by atoms with van der Waals surface area (Å²) in [5.74, 6) is -4.23. The van der Waals surface area contributed by atoms with E-state index in [1.54, 1.807) is 45.0 Å². The smallest absolute Gasteiger partial charge is 0.407 e. The lowest BCUT2D eigenvalue weighted by atomic mass is 9.99. The number of anilines is 1. The van der Waals surface area contributed by atoms with Crippen LogP contribution in [0.15, 0.2) is 30.3 Å². The molecule has 4 amide bonds. The minimum Gasteiger partial charge on any atom is -0.444 e. The van der Waals surface area contributed by atoms with Gasteiger partial charge in [0.25, 0.3) is 5.92 Å². The third kappa shape index (κ3) is 8.68. The van der Waals surface area contributed by atoms with E-state index in [1.165, 1.54) is 4.90 Å². The summed E-state index contributed by atoms with van der Waals surface area (Å²) in [6, 6.07) is 7.23. The molecule has 2 fully saturated rings. The Balaban J connectivity index is 1.73. The third-order valence-corrected chi connectivity index (χ3v) is 6.23. The highest BCUT2D eigenvalue weighted by molar-refractivity contribution is 5.97. The largest absolute Gasteiger partial charge is 0.444 e. The maximum absolute atomic E-state index is 14.0. The SMILES string of the molecule is CC(C)(C)OC(=O)N[C@@H](CC(=O)N1CCCC[C@H]1C(=O)Nc1ccccc1)CN1CC(F)(F)CCC1=O. The van der Waals surface area contributed by atoms with Crippen LogP contribution in [0.4, 0.5) is 19.3 Å². The fraction of sp³-hybridized carbons (Fsp3) is 0.615. The van der Waals surface area contributed by atoms with Gasteiger partial charge in [-0.1, -0.05) is 18.2 Å². The summed E-state index contributed by atoms with van der Waals surface area (Å²) in [5.41, 5.74) is -0.209. The maximum Gasteiger partial charge on any atom is 0.407 e. The quantitative estimate of drug-likeness (QED) is 0.570. The Morgan fingerprint density at radius 3 is 2.54 bits per heavy atom. The Labute approximate surface area is 215 Å². The van der Waals surface area contributed by atoms with Gasteiger partial charge in [-0.2, -0.15) is 0 Å². The van der Waals surface area contributed by atoms with Crippen LogP contribution in [0.1, 0.15) is 59.3 Å². The summed E-state index contributed by atoms with van der Waals surface area (Å²) < 4.78 is 33.3. The zero-order chi connectivity index (χ0) is 27.2. The van der Waals surface area contributed by atoms with Crippen molar-refractivity contribution in [3.8, 4) is 0 Å². The second kappa shape index (κ2) is 11.9. The van der Waals surface area contributed by atoms with Gasteiger partial charge in [-0.25, -0.2) is 13.6 Å². The van der Waals surface area contributed by atoms with Crippen molar-refractivity contribution in [2.24, 2.45) is 0 Å². The number of nitrogens with one attached hydrogen (secondary N) is 2. The third-order valence-electron chi connectivity index (χ3n) is 6.23. The molecular formula is C26H36F2N4O5. The van der Waals surface area contributed by atoms with Crippen molar-refractivity contribution < 1.29 is 32.7 Å². The molecule has 2 aliphatic rings. The van der Waals surface area contributed by atoms with Crippen LogP contribution in [-0.2, 0) is 19.1 Å². The average molecular weight is 523 g/mol. The van der Waals surface area contributed by atoms with E-state index in [1.807, 2.05) is 6.07 Å². The number of ether oxygens (including phenoxy) is 1. The second-order valence-electron chi connectivity index (χ2n) is 10.6. The number of amides is 4. The molecule has 0 aliphatic carbocycles. The molecule has 1 aromatic rings. The number of alkyl carbamates (subject to hydrolysis) is 1. The van der Waals surface area contributed by atoms with Gasteiger partial charge in [-0.05, 0) is 52.2 Å². The molecule has 2 aliphatic heterocycles. The van der Waals surface area contributed by atoms with E-state index in [0.717, 1.165) is 11.3 Å². The van der Waals surface area contributed by atoms with Gasteiger partial charge in [0, 0.05) is 38.0 Å². The lowest BCUT2D eigenvalue weighted by Crippen LogP contribution is -2.55. The number of carbonyl (C=O) groups is 4. The number of halogens is 2. The summed E-state index contributed by atoms with van der Waals surface area (Å²) in [6.07, 6.45) is 0.0224. The minimum atomic E-state index is -3.04. The number of para-hydroxylation sites is 1. The van der Waals surface area contributed by atoms with Gasteiger partial charge < -0.3 is 25.2 Å². The first-order valence-corrected chi connectivity index (χ1v) is 12.6. The molecule has 2 atom stereocenters. The van der Waals surface area contributed by atoms with E-state index < -0.39 is 54.5 Å². The van der Waals surface area contributed by atoms with Crippen LogP contribution in [0, 0.1) is 0 Å². The Hall–Kier alpha value is -3.24. The van der Waals surface area contributed by atoms with Crippen molar-refractivity contribution in [2.75, 3.05) is 25.0 Å². The molecule has 0 saturated carbocycles. The van der Waals surface area contributed by atoms with Gasteiger partial charge in [-0.3, -0.25) is 14.4 Å². The molecule has 0 spiro atoms. The normalized spacial score (nSPS) is 20.7. The topological polar surface area (TPSA) is 108 Å². The number of alkyl halides is 2. The average Bonchev–Trinajstić information content (AvgIpc) is 2.80. The van der Waals surface area contributed by atoms with Crippen molar-refractivity contribution >= 4 is 29.5 Å². The first-order chi connectivity index (χ1) is 17.3. The standard InChI is InChI=1S/C26H36F2N4O5/c1-25(2,3)37-24(36)30-19(16-31-17-26(27,28)13-12-21(31)33)15-22(34)32-14-8-7-11-20(32)23(35)29-18-9-5-4-6-10-18/h4-6,9-10,19-20H,7-8,11-17H2,1-3H3,(H,29,35)(H,30,36)/t19-,20-/m0/s1. The molecule has 2 saturated heterocycles. The number of carbonyl (C=O) groups excluding carboxylic acids is 4. The van der Waals surface area contributed by atoms with Crippen LogP contribution < -0.4 is 10.6 Å². The maximum atomic E-state index is 14.0. The molecule has 11 heteroatoms. The van der Waals surface area contributed by atoms with Gasteiger partial charge >= 0.3 is 6.09 Å². The number of hydrogen-bond donors (Lipinski definition) is 2. The summed E-state index contributed by atoms with van der Waals surface area (Å²) in [5, 5.41) is 5.40. The van der Waals surface area contributed by atoms with Crippen molar-refractivity contribution in [3.63, 3.8) is 0 Å². The molecule has 0 unspecified atom stereocenters. The lowest BCUT2D eigenvalue weighted by molar-refractivity contribution is -0.148. The predicted octanol–water partition coefficient (Wildman–Crippen LogP) is 3.55. The predicted molar refractivity (Wildman–Crippen MR) is 133 cm³/mol. The zero-order valence-electron chi connectivity index (χ0n) is 21.6. The number of rotatable bonds is 7. The molecule has 0 aromatic heterocycles. The molecule has 2 N–H and O–H groups in total. The van der Waals surface area contributed by atoms with Crippen LogP contribution in [0.5, 0.6) is 0 Å². The summed E-state index contributed by atoms with van der Waals surface area (Å²) in [4.78, 5) is 53.7. The van der Waals surface area contributed by atoms with Crippen molar-refractivity contribution in [3.05, 3.63) is 30.3 Å². The summed E-state index contributed by atoms with van der Waals surface area (Å²) in [6.45, 7) is 4.32. The molecule has 3 rings (SSSR count). The van der Waals surface area contributed by atoms with Crippen molar-refractivity contribution in [1.29, 1.82) is 0 Å². The van der Waals surface area contributed by atoms with Gasteiger partial charge in [0.2, 0.25) is 17.7 Å². The van der Waals surface area contributed by atoms with Crippen LogP contribution in [0.2, 0.25) is 0 Å². The molecule has 2 heterocycles. The van der Waals surface area contributed by atoms with Crippen LogP contribution >= 0.6 is 0 Å². The first-order valence-electron chi connectivity index (χ1n) is 12.6. The molecule has 9 nitrogen and oxygen atoms in total. The monoisotopic (exact) mass is 522 g/mol. The summed E-state index contributed by atoms with van der Waals surface area (Å²) >= 11 is 0. The zero-order valence-corrected chi connectivity index (χ0v) is 21.6. The molecule has 204 valence electrons. The molecular weight excluding hydrogens is 486 g/mol. The highest BCUT2D eigenvalue weighted by Gasteiger charge is 2.41. The second-order valence-corrected chi connectivity index (χ2v) is 10.6. The van der Waals surface area contributed by atoms with Gasteiger partial charge in [0.05, 0.1) is 12.6 Å². The number of benzene rings is 1. The van der Waals surface area contributed by atoms with Crippen molar-refractivity contribution in [1.82, 2.24) is 15.1 Å². The lowest BCUT2D eigenvalue weighted by Gasteiger charge is -2.37. The van der Waals surface area contributed by atoms with Crippen LogP contribution in [0.3, 0.4) is 0 Å². The van der Waals surface area contributed by atoms with E-state index in [9.17, 15) is 28.0 Å². The molecule has 0 radical (unpaired) electrons. The van der Waals surface area contributed by atoms with E-state index in [4.69, 9.17) is 4.74 Å². The number of piperidine rings is 2. The molecule has 1 aromatic carbocycles. The van der Waals surface area contributed by atoms with Gasteiger partial charge in [0.15, 0.2) is 0 Å². The fourth-order valence-corrected chi connectivity index (χ4v) is 4.54. The van der Waals surface area contributed by atoms with Crippen LogP contribution in [-0.4, -0.2) is 76.9 Å². The Bertz CT molecular complexity index is 983. The highest BCUT2D eigenvalue weighted by Crippen LogP contribution is 2.28. The number of nitrogens with zero attached hydrogens (tertiary/aromatic N) is 2. The molecule has 37 heavy (non-hydrogen) atoms. The minimum absolute atomic E-state index is 0.270. The Morgan fingerprint density at radius 2 is 1.86 bits per heavy atom. The van der Waals surface area contributed by atoms with Gasteiger partial charge in [-0.15, -0.1) is 0 Å². The van der Waals surface area contributed by atoms with Crippen molar-refractivity contribution in [2.45, 2.75) is 82.9 Å². The summed E-state index contributed by atoms with van der Waals surface area (Å²) in [7, 11) is 0. The van der Waals surface area contributed by atoms with Gasteiger partial charge in [0.1, 0.15) is 11.6 Å². The number of likely N-dealkylation sites (tertiary alicyclic amines) is 2. The number of hydrogen-bond acceptors (Lipinski definition) is 5. The first kappa shape index (κ1) is 28.3. The van der Waals surface area contributed by atoms with Crippen LogP contribution in [0.25, 0.3) is 0 Å². The van der Waals surface area contributed by atoms with E-state index in [2.05, 4.69) is 10.6 Å². The van der Waals surface area contributed by atoms with E-state index in [-0.39, 0.29) is 25.3 Å². The highest BCUT2D eigenvalue weighted by atomic mass is 19.3. The Kier molecular flexibility index (Phi) is 9.09. The Morgan fingerprint density at radius 1 is 1.16 bits per heavy atom. The molecule has 0 bridgehead atoms. The van der Waals surface area contributed by atoms with E-state index >= 15 is 0 Å². The fourth-order valence-electron chi connectivity index (χ4n) is 4.54.